The molecule has 0 fully saturated rings. The third-order valence-electron chi connectivity index (χ3n) is 2.29. The van der Waals surface area contributed by atoms with Gasteiger partial charge in [-0.05, 0) is 19.1 Å². The number of aliphatic hydroxyl groups is 1. The van der Waals surface area contributed by atoms with Crippen molar-refractivity contribution in [3.63, 3.8) is 0 Å². The van der Waals surface area contributed by atoms with Crippen LogP contribution in [0.1, 0.15) is 13.3 Å². The van der Waals surface area contributed by atoms with Crippen LogP contribution in [0.4, 0.5) is 0 Å². The van der Waals surface area contributed by atoms with E-state index in [0.29, 0.717) is 0 Å². The molecule has 0 aromatic rings. The summed E-state index contributed by atoms with van der Waals surface area (Å²) in [7, 11) is 2.14. The maximum Gasteiger partial charge on any atom is 0.0985 e. The predicted molar refractivity (Wildman–Crippen MR) is 62.3 cm³/mol. The second kappa shape index (κ2) is 9.22. The largest absolute Gasteiger partial charge is 1.00 e. The highest BCUT2D eigenvalue weighted by molar-refractivity contribution is 6.25. The Morgan fingerprint density at radius 1 is 1.47 bits per heavy atom. The number of hydrogen-bond acceptors (Lipinski definition) is 1. The van der Waals surface area contributed by atoms with Crippen LogP contribution in [0.5, 0.6) is 0 Å². The van der Waals surface area contributed by atoms with E-state index >= 15 is 0 Å². The molecule has 2 unspecified atom stereocenters. The minimum absolute atomic E-state index is 0. The lowest BCUT2D eigenvalue weighted by molar-refractivity contribution is -0.898. The first-order valence-corrected chi connectivity index (χ1v) is 5.35. The van der Waals surface area contributed by atoms with Crippen LogP contribution in [0.2, 0.25) is 0 Å². The molecule has 0 heterocycles. The number of rotatable bonds is 7. The molecule has 0 radical (unpaired) electrons. The average molecular weight is 254 g/mol. The molecule has 0 amide bonds. The molecule has 2 nitrogen and oxygen atoms in total. The topological polar surface area (TPSA) is 20.2 Å². The van der Waals surface area contributed by atoms with Crippen LogP contribution in [0.15, 0.2) is 24.3 Å². The molecule has 1 N–H and O–H groups in total. The maximum atomic E-state index is 9.23. The van der Waals surface area contributed by atoms with E-state index in [9.17, 15) is 5.11 Å². The van der Waals surface area contributed by atoms with Crippen molar-refractivity contribution in [2.24, 2.45) is 0 Å². The van der Waals surface area contributed by atoms with Gasteiger partial charge in [0.2, 0.25) is 0 Å². The van der Waals surface area contributed by atoms with Gasteiger partial charge in [0.1, 0.15) is 0 Å². The normalized spacial score (nSPS) is 16.8. The van der Waals surface area contributed by atoms with Crippen molar-refractivity contribution >= 4 is 11.6 Å². The van der Waals surface area contributed by atoms with Gasteiger partial charge in [0, 0.05) is 12.0 Å². The van der Waals surface area contributed by atoms with Crippen LogP contribution in [-0.2, 0) is 0 Å². The number of likely N-dealkylation sites (N-methyl/N-ethyl adjacent to an activating group) is 1. The Labute approximate surface area is 104 Å². The fraction of sp³-hybridized carbons (Fsp3) is 0.636. The molecule has 0 aliphatic heterocycles. The molecule has 0 rings (SSSR count). The first kappa shape index (κ1) is 17.4. The van der Waals surface area contributed by atoms with E-state index in [2.05, 4.69) is 13.6 Å². The fourth-order valence-corrected chi connectivity index (χ4v) is 1.44. The van der Waals surface area contributed by atoms with Crippen molar-refractivity contribution in [2.45, 2.75) is 19.4 Å². The van der Waals surface area contributed by atoms with E-state index in [-0.39, 0.29) is 18.5 Å². The summed E-state index contributed by atoms with van der Waals surface area (Å²) in [6.45, 7) is 8.27. The van der Waals surface area contributed by atoms with E-state index in [0.717, 1.165) is 30.5 Å². The lowest BCUT2D eigenvalue weighted by Crippen LogP contribution is -3.00. The van der Waals surface area contributed by atoms with Crippen LogP contribution < -0.4 is 12.4 Å². The van der Waals surface area contributed by atoms with Gasteiger partial charge in [-0.2, -0.15) is 0 Å². The Bertz CT molecular complexity index is 195. The molecule has 15 heavy (non-hydrogen) atoms. The smallest absolute Gasteiger partial charge is 0.0985 e. The summed E-state index contributed by atoms with van der Waals surface area (Å²) in [4.78, 5) is 0. The molecule has 0 saturated carbocycles. The zero-order chi connectivity index (χ0) is 11.0. The van der Waals surface area contributed by atoms with Gasteiger partial charge in [0.15, 0.2) is 0 Å². The Hall–Kier alpha value is -0.0200. The van der Waals surface area contributed by atoms with Gasteiger partial charge in [-0.15, -0.1) is 0 Å². The number of hydrogen-bond donors (Lipinski definition) is 1. The van der Waals surface area contributed by atoms with E-state index in [1.54, 1.807) is 5.54 Å². The summed E-state index contributed by atoms with van der Waals surface area (Å²) in [5.41, 5.74) is 1.54. The van der Waals surface area contributed by atoms with E-state index in [1.165, 1.54) is 0 Å². The Balaban J connectivity index is 0. The van der Waals surface area contributed by atoms with Crippen molar-refractivity contribution in [2.75, 3.05) is 26.7 Å². The lowest BCUT2D eigenvalue weighted by atomic mass is 10.2. The van der Waals surface area contributed by atoms with E-state index in [4.69, 9.17) is 11.6 Å². The summed E-state index contributed by atoms with van der Waals surface area (Å²) in [5.74, 6) is 0. The third kappa shape index (κ3) is 8.94. The van der Waals surface area contributed by atoms with Gasteiger partial charge in [-0.1, -0.05) is 18.2 Å². The van der Waals surface area contributed by atoms with Crippen LogP contribution in [-0.4, -0.2) is 42.4 Å². The second-order valence-electron chi connectivity index (χ2n) is 4.00. The van der Waals surface area contributed by atoms with Crippen molar-refractivity contribution in [1.82, 2.24) is 0 Å². The summed E-state index contributed by atoms with van der Waals surface area (Å²) >= 11 is 5.50. The van der Waals surface area contributed by atoms with Crippen LogP contribution in [0.25, 0.3) is 0 Å². The highest BCUT2D eigenvalue weighted by Crippen LogP contribution is 2.07. The van der Waals surface area contributed by atoms with Crippen LogP contribution >= 0.6 is 11.6 Å². The Kier molecular flexibility index (Phi) is 10.7. The van der Waals surface area contributed by atoms with Gasteiger partial charge < -0.3 is 22.0 Å². The zero-order valence-electron chi connectivity index (χ0n) is 9.50. The molecule has 4 heteroatoms. The molecule has 2 atom stereocenters. The fourth-order valence-electron chi connectivity index (χ4n) is 1.36. The molecule has 0 aromatic carbocycles. The van der Waals surface area contributed by atoms with Gasteiger partial charge in [-0.3, -0.25) is 0 Å². The first-order chi connectivity index (χ1) is 6.54. The number of quaternary nitrogens is 1. The summed E-state index contributed by atoms with van der Waals surface area (Å²) in [6, 6.07) is 0. The minimum Gasteiger partial charge on any atom is -1.00 e. The van der Waals surface area contributed by atoms with Crippen LogP contribution in [0, 0.1) is 0 Å². The SMILES string of the molecule is C=CC[N+](C)(CC=CCl)CCC(C)O.[Cl-]. The Morgan fingerprint density at radius 2 is 2.07 bits per heavy atom. The van der Waals surface area contributed by atoms with Gasteiger partial charge >= 0.3 is 0 Å². The molecule has 0 saturated heterocycles. The van der Waals surface area contributed by atoms with E-state index in [1.807, 2.05) is 19.1 Å². The third-order valence-corrected chi connectivity index (χ3v) is 2.47. The molecule has 0 spiro atoms. The van der Waals surface area contributed by atoms with E-state index < -0.39 is 0 Å². The number of halogens is 2. The first-order valence-electron chi connectivity index (χ1n) is 4.92. The molecule has 0 bridgehead atoms. The van der Waals surface area contributed by atoms with Crippen molar-refractivity contribution in [3.05, 3.63) is 24.3 Å². The number of nitrogens with zero attached hydrogens (tertiary/aromatic N) is 1. The zero-order valence-corrected chi connectivity index (χ0v) is 11.0. The van der Waals surface area contributed by atoms with Gasteiger partial charge in [0.25, 0.3) is 0 Å². The van der Waals surface area contributed by atoms with Crippen molar-refractivity contribution in [3.8, 4) is 0 Å². The monoisotopic (exact) mass is 253 g/mol. The highest BCUT2D eigenvalue weighted by Gasteiger charge is 2.18. The standard InChI is InChI=1S/C11H21ClNO.ClH/c1-4-8-13(3,9-5-7-12)10-6-11(2)14;/h4-5,7,11,14H,1,6,8-10H2,2-3H3;1H/q+1;/p-1. The second-order valence-corrected chi connectivity index (χ2v) is 4.25. The number of aliphatic hydroxyl groups excluding tert-OH is 1. The van der Waals surface area contributed by atoms with Crippen molar-refractivity contribution < 1.29 is 22.0 Å². The van der Waals surface area contributed by atoms with Gasteiger partial charge in [-0.25, -0.2) is 0 Å². The Morgan fingerprint density at radius 3 is 2.47 bits per heavy atom. The lowest BCUT2D eigenvalue weighted by Gasteiger charge is -2.32. The highest BCUT2D eigenvalue weighted by atomic mass is 35.5. The molecular formula is C11H21Cl2NO. The molecular weight excluding hydrogens is 233 g/mol. The molecule has 0 aromatic heterocycles. The minimum atomic E-state index is -0.239. The molecule has 90 valence electrons. The van der Waals surface area contributed by atoms with Crippen LogP contribution in [0.3, 0.4) is 0 Å². The predicted octanol–water partition coefficient (Wildman–Crippen LogP) is -0.854. The summed E-state index contributed by atoms with van der Waals surface area (Å²) < 4.78 is 0.845. The van der Waals surface area contributed by atoms with Crippen molar-refractivity contribution in [1.29, 1.82) is 0 Å². The van der Waals surface area contributed by atoms with Gasteiger partial charge in [0.05, 0.1) is 32.8 Å². The summed E-state index contributed by atoms with van der Waals surface area (Å²) in [5, 5.41) is 9.23. The maximum absolute atomic E-state index is 9.23. The summed E-state index contributed by atoms with van der Waals surface area (Å²) in [6.07, 6.45) is 4.41. The molecule has 0 aliphatic carbocycles. The quantitative estimate of drug-likeness (QED) is 0.463. The molecule has 0 aliphatic rings. The average Bonchev–Trinajstić information content (AvgIpc) is 2.13.